The summed E-state index contributed by atoms with van der Waals surface area (Å²) in [4.78, 5) is 11.0. The van der Waals surface area contributed by atoms with Gasteiger partial charge < -0.3 is 9.47 Å². The summed E-state index contributed by atoms with van der Waals surface area (Å²) in [5.41, 5.74) is 2.10. The van der Waals surface area contributed by atoms with Gasteiger partial charge in [-0.3, -0.25) is 4.98 Å². The monoisotopic (exact) mass is 266 g/mol. The quantitative estimate of drug-likeness (QED) is 0.752. The highest BCUT2D eigenvalue weighted by Gasteiger charge is 2.10. The number of fused-ring (bicyclic) bond motifs is 1. The highest BCUT2D eigenvalue weighted by molar-refractivity contribution is 6.17. The molecule has 0 fully saturated rings. The molecule has 0 saturated heterocycles. The van der Waals surface area contributed by atoms with Crippen LogP contribution in [0, 0.1) is 0 Å². The van der Waals surface area contributed by atoms with Crippen LogP contribution in [0.4, 0.5) is 0 Å². The Morgan fingerprint density at radius 1 is 1.44 bits per heavy atom. The van der Waals surface area contributed by atoms with E-state index in [-0.39, 0.29) is 0 Å². The molecule has 0 aliphatic carbocycles. The van der Waals surface area contributed by atoms with Crippen LogP contribution in [0.5, 0.6) is 0 Å². The molecular formula is C13H19ClN4. The molecule has 5 heteroatoms. The molecule has 4 nitrogen and oxygen atoms in total. The zero-order valence-electron chi connectivity index (χ0n) is 10.9. The molecule has 0 amide bonds. The van der Waals surface area contributed by atoms with Gasteiger partial charge in [-0.15, -0.1) is 11.6 Å². The van der Waals surface area contributed by atoms with Crippen LogP contribution in [0.25, 0.3) is 11.0 Å². The maximum absolute atomic E-state index is 5.85. The van der Waals surface area contributed by atoms with Crippen molar-refractivity contribution < 1.29 is 0 Å². The van der Waals surface area contributed by atoms with Crippen molar-refractivity contribution in [1.29, 1.82) is 0 Å². The number of rotatable bonds is 6. The highest BCUT2D eigenvalue weighted by atomic mass is 35.5. The normalized spacial score (nSPS) is 11.6. The molecule has 0 aliphatic heterocycles. The van der Waals surface area contributed by atoms with Crippen LogP contribution < -0.4 is 0 Å². The lowest BCUT2D eigenvalue weighted by atomic mass is 10.4. The third-order valence-corrected chi connectivity index (χ3v) is 3.38. The Morgan fingerprint density at radius 3 is 3.00 bits per heavy atom. The van der Waals surface area contributed by atoms with Gasteiger partial charge in [0.15, 0.2) is 0 Å². The minimum atomic E-state index is 0.598. The minimum absolute atomic E-state index is 0.598. The molecule has 0 spiro atoms. The van der Waals surface area contributed by atoms with E-state index in [2.05, 4.69) is 33.4 Å². The number of likely N-dealkylation sites (N-methyl/N-ethyl adjacent to an activating group) is 1. The van der Waals surface area contributed by atoms with Crippen molar-refractivity contribution in [3.63, 3.8) is 0 Å². The molecule has 0 bridgehead atoms. The molecule has 0 radical (unpaired) electrons. The molecule has 2 aromatic heterocycles. The van der Waals surface area contributed by atoms with Gasteiger partial charge in [-0.1, -0.05) is 6.92 Å². The Hall–Kier alpha value is -1.13. The van der Waals surface area contributed by atoms with E-state index in [0.29, 0.717) is 5.88 Å². The first-order valence-corrected chi connectivity index (χ1v) is 6.83. The predicted molar refractivity (Wildman–Crippen MR) is 75.1 cm³/mol. The number of aryl methyl sites for hydroxylation is 1. The van der Waals surface area contributed by atoms with Crippen LogP contribution in [-0.4, -0.2) is 45.5 Å². The first-order chi connectivity index (χ1) is 8.76. The smallest absolute Gasteiger partial charge is 0.111 e. The molecule has 0 N–H and O–H groups in total. The summed E-state index contributed by atoms with van der Waals surface area (Å²) in [5.74, 6) is 1.65. The summed E-state index contributed by atoms with van der Waals surface area (Å²) in [6.07, 6.45) is 4.42. The molecule has 0 aliphatic rings. The first-order valence-electron chi connectivity index (χ1n) is 6.30. The van der Waals surface area contributed by atoms with E-state index >= 15 is 0 Å². The van der Waals surface area contributed by atoms with Crippen molar-refractivity contribution in [2.24, 2.45) is 0 Å². The van der Waals surface area contributed by atoms with E-state index < -0.39 is 0 Å². The van der Waals surface area contributed by atoms with Crippen molar-refractivity contribution in [2.45, 2.75) is 19.9 Å². The Balaban J connectivity index is 2.29. The number of halogens is 1. The van der Waals surface area contributed by atoms with E-state index in [9.17, 15) is 0 Å². The molecule has 0 unspecified atom stereocenters. The standard InChI is InChI=1S/C13H19ClN4/c1-3-17(2)8-9-18-12-5-7-15-10-11(12)16-13(18)4-6-14/h5,7,10H,3-4,6,8-9H2,1-2H3. The van der Waals surface area contributed by atoms with Gasteiger partial charge in [0.2, 0.25) is 0 Å². The number of aromatic nitrogens is 3. The molecule has 2 heterocycles. The summed E-state index contributed by atoms with van der Waals surface area (Å²) in [5, 5.41) is 0. The predicted octanol–water partition coefficient (Wildman–Crippen LogP) is 2.16. The van der Waals surface area contributed by atoms with Crippen LogP contribution in [0.15, 0.2) is 18.5 Å². The summed E-state index contributed by atoms with van der Waals surface area (Å²) < 4.78 is 2.26. The summed E-state index contributed by atoms with van der Waals surface area (Å²) in [6.45, 7) is 5.17. The van der Waals surface area contributed by atoms with Gasteiger partial charge in [0, 0.05) is 31.6 Å². The van der Waals surface area contributed by atoms with Crippen LogP contribution in [-0.2, 0) is 13.0 Å². The summed E-state index contributed by atoms with van der Waals surface area (Å²) >= 11 is 5.85. The fourth-order valence-corrected chi connectivity index (χ4v) is 2.15. The Bertz CT molecular complexity index is 509. The second-order valence-electron chi connectivity index (χ2n) is 4.38. The third kappa shape index (κ3) is 2.82. The number of alkyl halides is 1. The number of nitrogens with zero attached hydrogens (tertiary/aromatic N) is 4. The Kier molecular flexibility index (Phi) is 4.55. The average Bonchev–Trinajstić information content (AvgIpc) is 2.74. The van der Waals surface area contributed by atoms with Gasteiger partial charge >= 0.3 is 0 Å². The van der Waals surface area contributed by atoms with Crippen LogP contribution in [0.3, 0.4) is 0 Å². The largest absolute Gasteiger partial charge is 0.327 e. The lowest BCUT2D eigenvalue weighted by molar-refractivity contribution is 0.335. The van der Waals surface area contributed by atoms with Crippen molar-refractivity contribution in [1.82, 2.24) is 19.4 Å². The van der Waals surface area contributed by atoms with Crippen molar-refractivity contribution in [3.8, 4) is 0 Å². The van der Waals surface area contributed by atoms with Crippen LogP contribution in [0.1, 0.15) is 12.7 Å². The van der Waals surface area contributed by atoms with Crippen molar-refractivity contribution >= 4 is 22.6 Å². The number of imidazole rings is 1. The minimum Gasteiger partial charge on any atom is -0.327 e. The zero-order chi connectivity index (χ0) is 13.0. The molecule has 18 heavy (non-hydrogen) atoms. The lowest BCUT2D eigenvalue weighted by Crippen LogP contribution is -2.23. The van der Waals surface area contributed by atoms with Gasteiger partial charge in [0.1, 0.15) is 11.3 Å². The van der Waals surface area contributed by atoms with Crippen molar-refractivity contribution in [2.75, 3.05) is 26.0 Å². The first kappa shape index (κ1) is 13.3. The average molecular weight is 267 g/mol. The van der Waals surface area contributed by atoms with E-state index in [1.807, 2.05) is 18.5 Å². The zero-order valence-corrected chi connectivity index (χ0v) is 11.7. The van der Waals surface area contributed by atoms with E-state index in [0.717, 1.165) is 42.9 Å². The van der Waals surface area contributed by atoms with Gasteiger partial charge in [0.25, 0.3) is 0 Å². The second-order valence-corrected chi connectivity index (χ2v) is 4.76. The summed E-state index contributed by atoms with van der Waals surface area (Å²) in [7, 11) is 2.13. The van der Waals surface area contributed by atoms with E-state index in [4.69, 9.17) is 11.6 Å². The van der Waals surface area contributed by atoms with Gasteiger partial charge in [0.05, 0.1) is 11.7 Å². The molecule has 2 rings (SSSR count). The topological polar surface area (TPSA) is 34.0 Å². The molecule has 0 atom stereocenters. The second kappa shape index (κ2) is 6.16. The Labute approximate surface area is 113 Å². The Morgan fingerprint density at radius 2 is 2.28 bits per heavy atom. The van der Waals surface area contributed by atoms with Gasteiger partial charge in [-0.25, -0.2) is 4.98 Å². The maximum Gasteiger partial charge on any atom is 0.111 e. The SMILES string of the molecule is CCN(C)CCn1c(CCCl)nc2cnccc21. The van der Waals surface area contributed by atoms with Gasteiger partial charge in [-0.2, -0.15) is 0 Å². The molecule has 98 valence electrons. The number of hydrogen-bond donors (Lipinski definition) is 0. The van der Waals surface area contributed by atoms with Crippen molar-refractivity contribution in [3.05, 3.63) is 24.3 Å². The van der Waals surface area contributed by atoms with E-state index in [1.54, 1.807) is 0 Å². The fourth-order valence-electron chi connectivity index (χ4n) is 1.99. The molecule has 0 aromatic carbocycles. The maximum atomic E-state index is 5.85. The highest BCUT2D eigenvalue weighted by Crippen LogP contribution is 2.15. The lowest BCUT2D eigenvalue weighted by Gasteiger charge is -2.15. The number of hydrogen-bond acceptors (Lipinski definition) is 3. The molecule has 0 saturated carbocycles. The van der Waals surface area contributed by atoms with Crippen LogP contribution >= 0.6 is 11.6 Å². The van der Waals surface area contributed by atoms with E-state index in [1.165, 1.54) is 0 Å². The molecule has 2 aromatic rings. The molecular weight excluding hydrogens is 248 g/mol. The number of pyridine rings is 1. The van der Waals surface area contributed by atoms with Gasteiger partial charge in [-0.05, 0) is 19.7 Å². The fraction of sp³-hybridized carbons (Fsp3) is 0.538. The summed E-state index contributed by atoms with van der Waals surface area (Å²) in [6, 6.07) is 2.02. The third-order valence-electron chi connectivity index (χ3n) is 3.19. The van der Waals surface area contributed by atoms with Crippen LogP contribution in [0.2, 0.25) is 0 Å².